The first-order valence-corrected chi connectivity index (χ1v) is 12.9. The van der Waals surface area contributed by atoms with Crippen LogP contribution in [0.1, 0.15) is 19.4 Å². The van der Waals surface area contributed by atoms with Crippen LogP contribution in [0.4, 0.5) is 17.3 Å². The maximum Gasteiger partial charge on any atom is 0.277 e. The summed E-state index contributed by atoms with van der Waals surface area (Å²) in [6.45, 7) is 13.9. The van der Waals surface area contributed by atoms with Crippen molar-refractivity contribution in [1.29, 1.82) is 5.41 Å². The van der Waals surface area contributed by atoms with Gasteiger partial charge in [-0.15, -0.1) is 13.2 Å². The highest BCUT2D eigenvalue weighted by atomic mass is 32.2. The van der Waals surface area contributed by atoms with Crippen LogP contribution in [0.2, 0.25) is 0 Å². The third kappa shape index (κ3) is 7.38. The Balaban J connectivity index is 0.000000655. The summed E-state index contributed by atoms with van der Waals surface area (Å²) < 4.78 is 24.7. The van der Waals surface area contributed by atoms with E-state index in [9.17, 15) is 13.2 Å². The van der Waals surface area contributed by atoms with E-state index in [1.165, 1.54) is 17.1 Å². The van der Waals surface area contributed by atoms with Gasteiger partial charge in [-0.3, -0.25) is 9.89 Å². The molecule has 1 saturated heterocycles. The Kier molecular flexibility index (Phi) is 9.95. The van der Waals surface area contributed by atoms with E-state index < -0.39 is 9.84 Å². The van der Waals surface area contributed by atoms with Crippen molar-refractivity contribution in [2.45, 2.75) is 27.3 Å². The molecule has 188 valence electrons. The second-order valence-corrected chi connectivity index (χ2v) is 10.0. The summed E-state index contributed by atoms with van der Waals surface area (Å²) in [5.41, 5.74) is 3.13. The molecule has 11 heteroatoms. The molecule has 0 atom stereocenters. The number of hydrogen-bond donors (Lipinski definition) is 3. The number of fused-ring (bicyclic) bond motifs is 1. The second kappa shape index (κ2) is 12.7. The normalized spacial score (nSPS) is 14.1. The monoisotopic (exact) mass is 499 g/mol. The maximum atomic E-state index is 12.2. The molecule has 1 aliphatic rings. The van der Waals surface area contributed by atoms with E-state index in [0.29, 0.717) is 36.6 Å². The summed E-state index contributed by atoms with van der Waals surface area (Å²) in [4.78, 5) is 22.9. The first kappa shape index (κ1) is 27.5. The van der Waals surface area contributed by atoms with Crippen molar-refractivity contribution in [3.05, 3.63) is 65.6 Å². The van der Waals surface area contributed by atoms with E-state index >= 15 is 0 Å². The lowest BCUT2D eigenvalue weighted by molar-refractivity contribution is 0.586. The highest BCUT2D eigenvalue weighted by molar-refractivity contribution is 7.91. The van der Waals surface area contributed by atoms with Crippen molar-refractivity contribution in [1.82, 2.24) is 19.7 Å². The topological polar surface area (TPSA) is 137 Å². The molecule has 2 aromatic heterocycles. The molecular formula is C24H33N7O3S. The molecular weight excluding hydrogens is 466 g/mol. The fourth-order valence-corrected chi connectivity index (χ4v) is 4.64. The summed E-state index contributed by atoms with van der Waals surface area (Å²) in [6, 6.07) is 5.85. The Morgan fingerprint density at radius 1 is 1.23 bits per heavy atom. The first-order valence-electron chi connectivity index (χ1n) is 11.1. The van der Waals surface area contributed by atoms with E-state index in [1.54, 1.807) is 19.1 Å². The Hall–Kier alpha value is -3.73. The van der Waals surface area contributed by atoms with Crippen molar-refractivity contribution in [3.63, 3.8) is 0 Å². The largest absolute Gasteiger partial charge is 0.369 e. The average Bonchev–Trinajstić information content (AvgIpc) is 3.10. The van der Waals surface area contributed by atoms with Gasteiger partial charge in [0, 0.05) is 30.7 Å². The van der Waals surface area contributed by atoms with Gasteiger partial charge in [-0.1, -0.05) is 12.2 Å². The highest BCUT2D eigenvalue weighted by Crippen LogP contribution is 2.26. The van der Waals surface area contributed by atoms with E-state index in [1.807, 2.05) is 32.0 Å². The van der Waals surface area contributed by atoms with Gasteiger partial charge in [0.2, 0.25) is 5.95 Å². The lowest BCUT2D eigenvalue weighted by Crippen LogP contribution is -2.40. The summed E-state index contributed by atoms with van der Waals surface area (Å²) >= 11 is 0. The molecule has 1 fully saturated rings. The molecule has 10 nitrogen and oxygen atoms in total. The van der Waals surface area contributed by atoms with E-state index in [0.717, 1.165) is 16.9 Å². The molecule has 0 bridgehead atoms. The average molecular weight is 500 g/mol. The minimum Gasteiger partial charge on any atom is -0.369 e. The Morgan fingerprint density at radius 3 is 2.43 bits per heavy atom. The third-order valence-corrected chi connectivity index (χ3v) is 6.56. The number of allylic oxidation sites excluding steroid dienone is 2. The quantitative estimate of drug-likeness (QED) is 0.361. The second-order valence-electron chi connectivity index (χ2n) is 7.73. The van der Waals surface area contributed by atoms with Crippen molar-refractivity contribution in [2.24, 2.45) is 0 Å². The van der Waals surface area contributed by atoms with Crippen LogP contribution in [-0.4, -0.2) is 59.0 Å². The molecule has 3 N–H and O–H groups in total. The minimum absolute atomic E-state index is 0.185. The van der Waals surface area contributed by atoms with Crippen LogP contribution in [0.5, 0.6) is 0 Å². The van der Waals surface area contributed by atoms with Gasteiger partial charge < -0.3 is 15.6 Å². The molecule has 3 heterocycles. The molecule has 1 aromatic carbocycles. The van der Waals surface area contributed by atoms with Gasteiger partial charge in [0.25, 0.3) is 5.56 Å². The van der Waals surface area contributed by atoms with E-state index in [4.69, 9.17) is 5.41 Å². The van der Waals surface area contributed by atoms with Crippen molar-refractivity contribution in [3.8, 4) is 0 Å². The molecule has 0 unspecified atom stereocenters. The van der Waals surface area contributed by atoms with Gasteiger partial charge in [-0.25, -0.2) is 18.1 Å². The Labute approximate surface area is 205 Å². The van der Waals surface area contributed by atoms with Crippen LogP contribution in [0.15, 0.2) is 54.5 Å². The van der Waals surface area contributed by atoms with Crippen LogP contribution >= 0.6 is 0 Å². The number of anilines is 3. The summed E-state index contributed by atoms with van der Waals surface area (Å²) in [5.74, 6) is 0.745. The molecule has 0 amide bonds. The number of nitrogens with zero attached hydrogens (tertiary/aromatic N) is 4. The number of nitrogens with one attached hydrogen (secondary N) is 3. The summed E-state index contributed by atoms with van der Waals surface area (Å²) in [5, 5.41) is 12.6. The first-order chi connectivity index (χ1) is 16.7. The third-order valence-electron chi connectivity index (χ3n) is 4.95. The fraction of sp³-hybridized carbons (Fsp3) is 0.333. The number of benzene rings is 1. The van der Waals surface area contributed by atoms with Crippen LogP contribution < -0.4 is 15.8 Å². The zero-order chi connectivity index (χ0) is 26.0. The number of rotatable bonds is 5. The Bertz CT molecular complexity index is 1320. The van der Waals surface area contributed by atoms with Crippen molar-refractivity contribution in [2.75, 3.05) is 34.8 Å². The SMILES string of the molecule is C=CC.C=CCn1[nH]c2nc(Nc3ccc(N4CCS(=O)(=O)CC4)c(C)c3)ncc2c1=O.CC=N. The van der Waals surface area contributed by atoms with Gasteiger partial charge >= 0.3 is 0 Å². The summed E-state index contributed by atoms with van der Waals surface area (Å²) in [6.07, 6.45) is 6.13. The molecule has 0 spiro atoms. The molecule has 3 aromatic rings. The van der Waals surface area contributed by atoms with Gasteiger partial charge in [-0.05, 0) is 50.7 Å². The molecule has 0 aliphatic carbocycles. The fourth-order valence-electron chi connectivity index (χ4n) is 3.44. The van der Waals surface area contributed by atoms with Gasteiger partial charge in [0.1, 0.15) is 5.39 Å². The van der Waals surface area contributed by atoms with Crippen LogP contribution in [0.25, 0.3) is 11.0 Å². The lowest BCUT2D eigenvalue weighted by atomic mass is 10.1. The lowest BCUT2D eigenvalue weighted by Gasteiger charge is -2.30. The van der Waals surface area contributed by atoms with Crippen molar-refractivity contribution >= 4 is 44.4 Å². The van der Waals surface area contributed by atoms with E-state index in [-0.39, 0.29) is 17.1 Å². The van der Waals surface area contributed by atoms with Crippen molar-refractivity contribution < 1.29 is 8.42 Å². The van der Waals surface area contributed by atoms with Gasteiger partial charge in [-0.2, -0.15) is 4.98 Å². The predicted octanol–water partition coefficient (Wildman–Crippen LogP) is 3.44. The highest BCUT2D eigenvalue weighted by Gasteiger charge is 2.22. The smallest absolute Gasteiger partial charge is 0.277 e. The molecule has 4 rings (SSSR count). The number of aromatic nitrogens is 4. The van der Waals surface area contributed by atoms with Gasteiger partial charge in [0.15, 0.2) is 15.5 Å². The molecule has 0 radical (unpaired) electrons. The van der Waals surface area contributed by atoms with Crippen LogP contribution in [0, 0.1) is 12.3 Å². The Morgan fingerprint density at radius 2 is 1.86 bits per heavy atom. The number of aromatic amines is 1. The number of hydrogen-bond acceptors (Lipinski definition) is 8. The number of sulfone groups is 1. The molecule has 1 aliphatic heterocycles. The predicted molar refractivity (Wildman–Crippen MR) is 144 cm³/mol. The molecule has 0 saturated carbocycles. The zero-order valence-electron chi connectivity index (χ0n) is 20.4. The summed E-state index contributed by atoms with van der Waals surface area (Å²) in [7, 11) is -2.91. The van der Waals surface area contributed by atoms with Crippen LogP contribution in [-0.2, 0) is 16.4 Å². The van der Waals surface area contributed by atoms with Gasteiger partial charge in [0.05, 0.1) is 18.1 Å². The maximum absolute atomic E-state index is 12.2. The zero-order valence-corrected chi connectivity index (χ0v) is 21.2. The van der Waals surface area contributed by atoms with E-state index in [2.05, 4.69) is 38.4 Å². The standard InChI is InChI=1S/C19H22N6O3S.C3H6.C2H5N/c1-3-6-25-18(26)15-12-20-19(22-17(15)23-25)21-14-4-5-16(13(2)11-14)24-7-9-29(27,28)10-8-24;1-3-2;1-2-3/h3-5,11-12H,1,6-10H2,2H3,(H2,20,21,22,23);3H,1H2,2H3;2-3H,1H3. The number of H-pyrrole nitrogens is 1. The molecule has 35 heavy (non-hydrogen) atoms. The minimum atomic E-state index is -2.91. The number of aryl methyl sites for hydroxylation is 1. The van der Waals surface area contributed by atoms with Crippen LogP contribution in [0.3, 0.4) is 0 Å².